The van der Waals surface area contributed by atoms with Gasteiger partial charge in [-0.25, -0.2) is 0 Å². The molecule has 1 spiro atoms. The van der Waals surface area contributed by atoms with Crippen LogP contribution in [0.15, 0.2) is 22.4 Å². The number of allylic oxidation sites excluding steroid dienone is 1. The van der Waals surface area contributed by atoms with Crippen molar-refractivity contribution < 1.29 is 28.3 Å². The molecule has 3 atom stereocenters. The van der Waals surface area contributed by atoms with Crippen LogP contribution >= 0.6 is 23.4 Å². The Morgan fingerprint density at radius 3 is 2.65 bits per heavy atom. The summed E-state index contributed by atoms with van der Waals surface area (Å²) in [6.45, 7) is 3.56. The molecule has 11 heteroatoms. The maximum atomic E-state index is 13.6. The summed E-state index contributed by atoms with van der Waals surface area (Å²) in [4.78, 5) is 31.4. The van der Waals surface area contributed by atoms with Crippen molar-refractivity contribution >= 4 is 34.9 Å². The molecule has 34 heavy (non-hydrogen) atoms. The van der Waals surface area contributed by atoms with Crippen molar-refractivity contribution in [3.63, 3.8) is 0 Å². The van der Waals surface area contributed by atoms with Crippen molar-refractivity contribution in [2.75, 3.05) is 26.2 Å². The standard InChI is InChI=1S/C23H26ClN3O6S/c1-11-8-13(26-14(6-7-34-5)22-25-12(2)27-33-22)9-17(28)23(11)21(29)18-15(30-3)10-16(31-4)19(24)20(18)32-23/h9-11,14,26H,6-8H2,1-5H3/t11-,14?,23+/m1/s1. The molecule has 1 aliphatic heterocycles. The van der Waals surface area contributed by atoms with Crippen LogP contribution in [0.1, 0.15) is 47.9 Å². The summed E-state index contributed by atoms with van der Waals surface area (Å²) in [6, 6.07) is 1.26. The number of thioether (sulfide) groups is 1. The normalized spacial score (nSPS) is 22.3. The van der Waals surface area contributed by atoms with Crippen molar-refractivity contribution in [2.24, 2.45) is 5.92 Å². The molecule has 182 valence electrons. The lowest BCUT2D eigenvalue weighted by molar-refractivity contribution is -0.129. The topological polar surface area (TPSA) is 113 Å². The quantitative estimate of drug-likeness (QED) is 0.527. The predicted octanol–water partition coefficient (Wildman–Crippen LogP) is 3.94. The second-order valence-corrected chi connectivity index (χ2v) is 9.63. The molecule has 1 aromatic carbocycles. The van der Waals surface area contributed by atoms with Gasteiger partial charge in [0.15, 0.2) is 11.6 Å². The number of carbonyl (C=O) groups excluding carboxylic acids is 2. The summed E-state index contributed by atoms with van der Waals surface area (Å²) in [7, 11) is 2.89. The predicted molar refractivity (Wildman–Crippen MR) is 127 cm³/mol. The van der Waals surface area contributed by atoms with Crippen LogP contribution in [0.2, 0.25) is 5.02 Å². The van der Waals surface area contributed by atoms with E-state index >= 15 is 0 Å². The molecule has 0 radical (unpaired) electrons. The molecule has 1 N–H and O–H groups in total. The van der Waals surface area contributed by atoms with Crippen LogP contribution in [0.25, 0.3) is 0 Å². The zero-order chi connectivity index (χ0) is 24.6. The summed E-state index contributed by atoms with van der Waals surface area (Å²) in [5, 5.41) is 7.37. The fraction of sp³-hybridized carbons (Fsp3) is 0.478. The number of hydrogen-bond acceptors (Lipinski definition) is 10. The van der Waals surface area contributed by atoms with E-state index in [0.717, 1.165) is 12.2 Å². The molecule has 2 heterocycles. The maximum Gasteiger partial charge on any atom is 0.249 e. The molecular formula is C23H26ClN3O6S. The fourth-order valence-electron chi connectivity index (χ4n) is 4.40. The number of aryl methyl sites for hydroxylation is 1. The van der Waals surface area contributed by atoms with Crippen LogP contribution in [-0.2, 0) is 4.79 Å². The SMILES string of the molecule is COc1cc(OC)c2c(c1Cl)O[C@@]1(C(=O)C=C(NC(CCSC)c3nc(C)no3)C[C@H]1C)C2=O. The van der Waals surface area contributed by atoms with Gasteiger partial charge in [0.05, 0.1) is 14.2 Å². The molecule has 2 aromatic rings. The smallest absolute Gasteiger partial charge is 0.249 e. The Morgan fingerprint density at radius 1 is 1.32 bits per heavy atom. The van der Waals surface area contributed by atoms with Gasteiger partial charge in [0.1, 0.15) is 28.1 Å². The molecule has 1 unspecified atom stereocenters. The zero-order valence-corrected chi connectivity index (χ0v) is 21.1. The number of ketones is 2. The third kappa shape index (κ3) is 3.92. The molecular weight excluding hydrogens is 482 g/mol. The first-order valence-electron chi connectivity index (χ1n) is 10.8. The minimum Gasteiger partial charge on any atom is -0.496 e. The molecule has 4 rings (SSSR count). The van der Waals surface area contributed by atoms with Crippen molar-refractivity contribution in [2.45, 2.75) is 38.3 Å². The molecule has 0 amide bonds. The van der Waals surface area contributed by atoms with E-state index < -0.39 is 23.1 Å². The van der Waals surface area contributed by atoms with E-state index in [1.165, 1.54) is 26.4 Å². The first kappa shape index (κ1) is 24.4. The minimum absolute atomic E-state index is 0.104. The lowest BCUT2D eigenvalue weighted by Crippen LogP contribution is -2.55. The Labute approximate surface area is 206 Å². The number of nitrogens with zero attached hydrogens (tertiary/aromatic N) is 2. The number of rotatable bonds is 8. The Kier molecular flexibility index (Phi) is 6.82. The van der Waals surface area contributed by atoms with Crippen molar-refractivity contribution in [1.82, 2.24) is 15.5 Å². The largest absolute Gasteiger partial charge is 0.496 e. The Hall–Kier alpha value is -2.72. The highest BCUT2D eigenvalue weighted by Gasteiger charge is 2.60. The number of carbonyl (C=O) groups is 2. The molecule has 0 bridgehead atoms. The number of methoxy groups -OCH3 is 2. The van der Waals surface area contributed by atoms with Crippen LogP contribution < -0.4 is 19.5 Å². The molecule has 0 fully saturated rings. The highest BCUT2D eigenvalue weighted by Crippen LogP contribution is 2.53. The number of aromatic nitrogens is 2. The summed E-state index contributed by atoms with van der Waals surface area (Å²) < 4.78 is 22.1. The molecule has 9 nitrogen and oxygen atoms in total. The number of hydrogen-bond donors (Lipinski definition) is 1. The number of Topliss-reactive ketones (excluding diaryl/α,β-unsaturated/α-hetero) is 1. The Bertz CT molecular complexity index is 1170. The number of halogens is 1. The minimum atomic E-state index is -1.72. The first-order valence-corrected chi connectivity index (χ1v) is 12.5. The van der Waals surface area contributed by atoms with Crippen LogP contribution in [0.4, 0.5) is 0 Å². The van der Waals surface area contributed by atoms with Crippen molar-refractivity contribution in [1.29, 1.82) is 0 Å². The van der Waals surface area contributed by atoms with Gasteiger partial charge in [0.25, 0.3) is 0 Å². The van der Waals surface area contributed by atoms with Crippen LogP contribution in [0, 0.1) is 12.8 Å². The fourth-order valence-corrected chi connectivity index (χ4v) is 5.14. The first-order chi connectivity index (χ1) is 16.3. The third-order valence-corrected chi connectivity index (χ3v) is 7.12. The molecule has 2 aliphatic rings. The highest BCUT2D eigenvalue weighted by molar-refractivity contribution is 7.98. The maximum absolute atomic E-state index is 13.6. The van der Waals surface area contributed by atoms with Gasteiger partial charge in [0, 0.05) is 23.8 Å². The van der Waals surface area contributed by atoms with Gasteiger partial charge in [-0.3, -0.25) is 9.59 Å². The Morgan fingerprint density at radius 2 is 2.06 bits per heavy atom. The summed E-state index contributed by atoms with van der Waals surface area (Å²) >= 11 is 8.14. The zero-order valence-electron chi connectivity index (χ0n) is 19.6. The molecule has 0 saturated heterocycles. The van der Waals surface area contributed by atoms with Crippen molar-refractivity contribution in [3.05, 3.63) is 40.1 Å². The van der Waals surface area contributed by atoms with E-state index in [4.69, 9.17) is 30.3 Å². The van der Waals surface area contributed by atoms with Gasteiger partial charge < -0.3 is 24.1 Å². The summed E-state index contributed by atoms with van der Waals surface area (Å²) in [6.07, 6.45) is 4.56. The van der Waals surface area contributed by atoms with Gasteiger partial charge in [-0.15, -0.1) is 0 Å². The van der Waals surface area contributed by atoms with E-state index in [1.54, 1.807) is 18.7 Å². The second kappa shape index (κ2) is 9.50. The third-order valence-electron chi connectivity index (χ3n) is 6.12. The number of benzene rings is 1. The number of ether oxygens (including phenoxy) is 3. The average molecular weight is 508 g/mol. The monoisotopic (exact) mass is 507 g/mol. The highest BCUT2D eigenvalue weighted by atomic mass is 35.5. The second-order valence-electron chi connectivity index (χ2n) is 8.26. The van der Waals surface area contributed by atoms with E-state index in [2.05, 4.69) is 15.5 Å². The van der Waals surface area contributed by atoms with E-state index in [1.807, 2.05) is 13.2 Å². The van der Waals surface area contributed by atoms with Gasteiger partial charge in [-0.2, -0.15) is 16.7 Å². The lowest BCUT2D eigenvalue weighted by Gasteiger charge is -2.35. The van der Waals surface area contributed by atoms with Crippen LogP contribution in [-0.4, -0.2) is 53.5 Å². The number of nitrogens with one attached hydrogen (secondary N) is 1. The average Bonchev–Trinajstić information content (AvgIpc) is 3.38. The van der Waals surface area contributed by atoms with Crippen LogP contribution in [0.5, 0.6) is 17.2 Å². The number of fused-ring (bicyclic) bond motifs is 1. The van der Waals surface area contributed by atoms with Gasteiger partial charge in [0.2, 0.25) is 23.1 Å². The van der Waals surface area contributed by atoms with E-state index in [0.29, 0.717) is 29.6 Å². The Balaban J connectivity index is 1.66. The summed E-state index contributed by atoms with van der Waals surface area (Å²) in [5.41, 5.74) is -0.891. The van der Waals surface area contributed by atoms with Crippen LogP contribution in [0.3, 0.4) is 0 Å². The molecule has 1 aromatic heterocycles. The van der Waals surface area contributed by atoms with Gasteiger partial charge >= 0.3 is 0 Å². The molecule has 1 aliphatic carbocycles. The van der Waals surface area contributed by atoms with E-state index in [9.17, 15) is 9.59 Å². The van der Waals surface area contributed by atoms with Gasteiger partial charge in [-0.1, -0.05) is 23.7 Å². The van der Waals surface area contributed by atoms with E-state index in [-0.39, 0.29) is 28.1 Å². The van der Waals surface area contributed by atoms with Crippen molar-refractivity contribution in [3.8, 4) is 17.2 Å². The molecule has 0 saturated carbocycles. The van der Waals surface area contributed by atoms with Gasteiger partial charge in [-0.05, 0) is 31.8 Å². The lowest BCUT2D eigenvalue weighted by atomic mass is 9.74. The summed E-state index contributed by atoms with van der Waals surface area (Å²) in [5.74, 6) is 1.08.